The number of benzene rings is 2. The number of carbonyl (C=O) groups excluding carboxylic acids is 3. The van der Waals surface area contributed by atoms with Gasteiger partial charge in [-0.05, 0) is 54.8 Å². The first-order chi connectivity index (χ1) is 17.3. The molecule has 1 aliphatic heterocycles. The number of halogens is 2. The summed E-state index contributed by atoms with van der Waals surface area (Å²) in [4.78, 5) is 39.2. The van der Waals surface area contributed by atoms with Crippen molar-refractivity contribution >= 4 is 52.8 Å². The number of carbonyl (C=O) groups is 3. The highest BCUT2D eigenvalue weighted by Crippen LogP contribution is 2.37. The molecule has 0 unspecified atom stereocenters. The second-order valence-electron chi connectivity index (χ2n) is 8.49. The molecule has 2 aromatic carbocycles. The van der Waals surface area contributed by atoms with Crippen molar-refractivity contribution in [3.63, 3.8) is 0 Å². The molecule has 0 spiro atoms. The smallest absolute Gasteiger partial charge is 0.335 e. The molecular weight excluding hydrogens is 503 g/mol. The van der Waals surface area contributed by atoms with E-state index < -0.39 is 17.8 Å². The number of hydrogen-bond acceptors (Lipinski definition) is 5. The Bertz CT molecular complexity index is 1180. The van der Waals surface area contributed by atoms with Crippen LogP contribution in [0.2, 0.25) is 10.0 Å². The van der Waals surface area contributed by atoms with Crippen LogP contribution in [-0.4, -0.2) is 31.6 Å². The minimum atomic E-state index is -0.846. The number of anilines is 1. The molecule has 1 N–H and O–H groups in total. The maximum absolute atomic E-state index is 13.2. The monoisotopic (exact) mass is 532 g/mol. The fraction of sp³-hybridized carbons (Fsp3) is 0.370. The van der Waals surface area contributed by atoms with Gasteiger partial charge in [-0.3, -0.25) is 14.9 Å². The summed E-state index contributed by atoms with van der Waals surface area (Å²) in [5.74, 6) is -0.796. The largest absolute Gasteiger partial charge is 0.493 e. The predicted molar refractivity (Wildman–Crippen MR) is 142 cm³/mol. The van der Waals surface area contributed by atoms with Crippen molar-refractivity contribution in [1.29, 1.82) is 0 Å². The minimum absolute atomic E-state index is 0.229. The van der Waals surface area contributed by atoms with Gasteiger partial charge in [0.2, 0.25) is 0 Å². The summed E-state index contributed by atoms with van der Waals surface area (Å²) in [7, 11) is 1.49. The number of imide groups is 2. The number of rotatable bonds is 11. The maximum atomic E-state index is 13.2. The molecule has 9 heteroatoms. The van der Waals surface area contributed by atoms with E-state index in [1.54, 1.807) is 37.3 Å². The van der Waals surface area contributed by atoms with E-state index in [0.29, 0.717) is 34.3 Å². The fourth-order valence-corrected chi connectivity index (χ4v) is 4.34. The SMILES string of the molecule is CCCCCCCCOc1c(Cl)cc(/C=C2/C(=O)NC(=O)N(c3cccc(Cl)c3C)C2=O)cc1OC. The lowest BCUT2D eigenvalue weighted by atomic mass is 10.1. The Labute approximate surface area is 221 Å². The lowest BCUT2D eigenvalue weighted by Crippen LogP contribution is -2.54. The van der Waals surface area contributed by atoms with Gasteiger partial charge >= 0.3 is 6.03 Å². The number of nitrogens with one attached hydrogen (secondary N) is 1. The third kappa shape index (κ3) is 6.39. The summed E-state index contributed by atoms with van der Waals surface area (Å²) in [5.41, 5.74) is 1.04. The van der Waals surface area contributed by atoms with Gasteiger partial charge in [-0.25, -0.2) is 9.69 Å². The van der Waals surface area contributed by atoms with E-state index in [1.165, 1.54) is 38.9 Å². The van der Waals surface area contributed by atoms with E-state index in [-0.39, 0.29) is 16.3 Å². The Hall–Kier alpha value is -3.03. The lowest BCUT2D eigenvalue weighted by molar-refractivity contribution is -0.122. The van der Waals surface area contributed by atoms with Crippen LogP contribution in [0.15, 0.2) is 35.9 Å². The zero-order valence-electron chi connectivity index (χ0n) is 20.7. The second-order valence-corrected chi connectivity index (χ2v) is 9.31. The number of unbranched alkanes of at least 4 members (excludes halogenated alkanes) is 5. The molecule has 0 bridgehead atoms. The molecule has 1 fully saturated rings. The summed E-state index contributed by atoms with van der Waals surface area (Å²) in [5, 5.41) is 2.89. The quantitative estimate of drug-likeness (QED) is 0.197. The topological polar surface area (TPSA) is 84.9 Å². The van der Waals surface area contributed by atoms with E-state index in [0.717, 1.165) is 17.7 Å². The van der Waals surface area contributed by atoms with Crippen molar-refractivity contribution in [3.05, 3.63) is 57.1 Å². The van der Waals surface area contributed by atoms with Crippen LogP contribution in [0, 0.1) is 6.92 Å². The summed E-state index contributed by atoms with van der Waals surface area (Å²) in [6.45, 7) is 4.37. The molecule has 4 amide bonds. The maximum Gasteiger partial charge on any atom is 0.335 e. The van der Waals surface area contributed by atoms with E-state index in [1.807, 2.05) is 0 Å². The summed E-state index contributed by atoms with van der Waals surface area (Å²) >= 11 is 12.6. The molecule has 0 radical (unpaired) electrons. The molecular formula is C27H30Cl2N2O5. The van der Waals surface area contributed by atoms with E-state index >= 15 is 0 Å². The van der Waals surface area contributed by atoms with Crippen molar-refractivity contribution in [2.24, 2.45) is 0 Å². The number of methoxy groups -OCH3 is 1. The van der Waals surface area contributed by atoms with Crippen LogP contribution in [0.25, 0.3) is 6.08 Å². The molecule has 7 nitrogen and oxygen atoms in total. The van der Waals surface area contributed by atoms with Crippen LogP contribution in [0.5, 0.6) is 11.5 Å². The molecule has 1 heterocycles. The first kappa shape index (κ1) is 27.6. The Morgan fingerprint density at radius 2 is 1.72 bits per heavy atom. The first-order valence-electron chi connectivity index (χ1n) is 11.9. The Kier molecular flexibility index (Phi) is 9.79. The molecule has 2 aromatic rings. The van der Waals surface area contributed by atoms with Crippen molar-refractivity contribution in [3.8, 4) is 11.5 Å². The Morgan fingerprint density at radius 3 is 2.44 bits per heavy atom. The minimum Gasteiger partial charge on any atom is -0.493 e. The normalized spacial score (nSPS) is 14.9. The van der Waals surface area contributed by atoms with Crippen molar-refractivity contribution < 1.29 is 23.9 Å². The van der Waals surface area contributed by atoms with Gasteiger partial charge < -0.3 is 9.47 Å². The van der Waals surface area contributed by atoms with Gasteiger partial charge in [0.15, 0.2) is 11.5 Å². The summed E-state index contributed by atoms with van der Waals surface area (Å²) < 4.78 is 11.3. The van der Waals surface area contributed by atoms with Crippen molar-refractivity contribution in [2.45, 2.75) is 52.4 Å². The molecule has 0 aromatic heterocycles. The third-order valence-electron chi connectivity index (χ3n) is 5.89. The molecule has 1 saturated heterocycles. The second kappa shape index (κ2) is 12.8. The predicted octanol–water partition coefficient (Wildman–Crippen LogP) is 6.72. The van der Waals surface area contributed by atoms with Crippen molar-refractivity contribution in [1.82, 2.24) is 5.32 Å². The molecule has 0 saturated carbocycles. The third-order valence-corrected chi connectivity index (χ3v) is 6.58. The lowest BCUT2D eigenvalue weighted by Gasteiger charge is -2.27. The number of barbiturate groups is 1. The molecule has 36 heavy (non-hydrogen) atoms. The number of hydrogen-bond donors (Lipinski definition) is 1. The van der Waals surface area contributed by atoms with Gasteiger partial charge in [-0.1, -0.05) is 68.3 Å². The van der Waals surface area contributed by atoms with Crippen LogP contribution < -0.4 is 19.7 Å². The zero-order chi connectivity index (χ0) is 26.2. The van der Waals surface area contributed by atoms with E-state index in [9.17, 15) is 14.4 Å². The molecule has 0 atom stereocenters. The van der Waals surface area contributed by atoms with Gasteiger partial charge in [0.25, 0.3) is 11.8 Å². The first-order valence-corrected chi connectivity index (χ1v) is 12.7. The molecule has 192 valence electrons. The highest BCUT2D eigenvalue weighted by atomic mass is 35.5. The Morgan fingerprint density at radius 1 is 1.00 bits per heavy atom. The summed E-state index contributed by atoms with van der Waals surface area (Å²) in [6.07, 6.45) is 8.16. The zero-order valence-corrected chi connectivity index (χ0v) is 22.2. The van der Waals surface area contributed by atoms with Crippen LogP contribution in [-0.2, 0) is 9.59 Å². The van der Waals surface area contributed by atoms with E-state index in [4.69, 9.17) is 32.7 Å². The highest BCUT2D eigenvalue weighted by molar-refractivity contribution is 6.40. The highest BCUT2D eigenvalue weighted by Gasteiger charge is 2.37. The van der Waals surface area contributed by atoms with Gasteiger partial charge in [-0.2, -0.15) is 0 Å². The number of amides is 4. The number of ether oxygens (including phenoxy) is 2. The fourth-order valence-electron chi connectivity index (χ4n) is 3.90. The average molecular weight is 533 g/mol. The molecule has 1 aliphatic rings. The number of urea groups is 1. The molecule has 0 aliphatic carbocycles. The van der Waals surface area contributed by atoms with Crippen molar-refractivity contribution in [2.75, 3.05) is 18.6 Å². The van der Waals surface area contributed by atoms with Gasteiger partial charge in [0.1, 0.15) is 5.57 Å². The van der Waals surface area contributed by atoms with Crippen LogP contribution in [0.1, 0.15) is 56.6 Å². The van der Waals surface area contributed by atoms with Gasteiger partial charge in [0.05, 0.1) is 24.4 Å². The van der Waals surface area contributed by atoms with Gasteiger partial charge in [0, 0.05) is 5.02 Å². The summed E-state index contributed by atoms with van der Waals surface area (Å²) in [6, 6.07) is 7.23. The average Bonchev–Trinajstić information content (AvgIpc) is 2.84. The van der Waals surface area contributed by atoms with Crippen LogP contribution >= 0.6 is 23.2 Å². The van der Waals surface area contributed by atoms with E-state index in [2.05, 4.69) is 12.2 Å². The standard InChI is InChI=1S/C27H30Cl2N2O5/c1-4-5-6-7-8-9-13-36-24-21(29)15-18(16-23(24)35-3)14-19-25(32)30-27(34)31(26(19)33)22-12-10-11-20(28)17(22)2/h10-12,14-16H,4-9,13H2,1-3H3,(H,30,32,34)/b19-14-. The Balaban J connectivity index is 1.82. The van der Waals surface area contributed by atoms with Crippen LogP contribution in [0.4, 0.5) is 10.5 Å². The van der Waals surface area contributed by atoms with Crippen LogP contribution in [0.3, 0.4) is 0 Å². The number of nitrogens with zero attached hydrogens (tertiary/aromatic N) is 1. The molecule has 3 rings (SSSR count). The van der Waals surface area contributed by atoms with Gasteiger partial charge in [-0.15, -0.1) is 0 Å².